The van der Waals surface area contributed by atoms with Crippen LogP contribution in [0.4, 0.5) is 14.9 Å². The van der Waals surface area contributed by atoms with Gasteiger partial charge < -0.3 is 19.7 Å². The molecule has 1 N–H and O–H groups in total. The van der Waals surface area contributed by atoms with Gasteiger partial charge in [0.15, 0.2) is 0 Å². The normalized spacial score (nSPS) is 21.1. The Labute approximate surface area is 170 Å². The fraction of sp³-hybridized carbons (Fsp3) is 0.435. The second kappa shape index (κ2) is 8.93. The van der Waals surface area contributed by atoms with Crippen LogP contribution in [0, 0.1) is 5.82 Å². The zero-order chi connectivity index (χ0) is 20.1. The maximum absolute atomic E-state index is 13.3. The highest BCUT2D eigenvalue weighted by atomic mass is 19.1. The molecule has 0 aliphatic carbocycles. The summed E-state index contributed by atoms with van der Waals surface area (Å²) in [5.41, 5.74) is 1.44. The number of anilines is 1. The van der Waals surface area contributed by atoms with Crippen LogP contribution in [-0.4, -0.2) is 42.3 Å². The van der Waals surface area contributed by atoms with Crippen molar-refractivity contribution in [2.45, 2.75) is 44.0 Å². The van der Waals surface area contributed by atoms with E-state index in [2.05, 4.69) is 17.4 Å². The number of hydrogen-bond acceptors (Lipinski definition) is 3. The van der Waals surface area contributed by atoms with Gasteiger partial charge in [0.1, 0.15) is 5.82 Å². The van der Waals surface area contributed by atoms with Crippen molar-refractivity contribution in [2.24, 2.45) is 0 Å². The molecular weight excluding hydrogens is 371 g/mol. The van der Waals surface area contributed by atoms with Gasteiger partial charge in [0.05, 0.1) is 18.3 Å². The first-order valence-electron chi connectivity index (χ1n) is 10.2. The molecule has 0 bridgehead atoms. The van der Waals surface area contributed by atoms with Crippen LogP contribution in [0.15, 0.2) is 54.6 Å². The number of piperidine rings is 1. The van der Waals surface area contributed by atoms with E-state index in [9.17, 15) is 9.18 Å². The number of rotatable bonds is 4. The molecule has 2 aliphatic heterocycles. The first-order valence-corrected chi connectivity index (χ1v) is 10.2. The highest BCUT2D eigenvalue weighted by Crippen LogP contribution is 2.36. The van der Waals surface area contributed by atoms with Gasteiger partial charge in [0.25, 0.3) is 0 Å². The average Bonchev–Trinajstić information content (AvgIpc) is 2.74. The molecule has 2 aromatic rings. The molecule has 2 fully saturated rings. The standard InChI is InChI=1S/C23H27FN2O3/c24-19-7-4-8-20(15-19)25-22(27)26-12-10-23(11-13-26)16-21(9-14-29-23)28-17-18-5-2-1-3-6-18/h1-8,15,21H,9-14,16-17H2,(H,25,27). The largest absolute Gasteiger partial charge is 0.375 e. The third-order valence-corrected chi connectivity index (χ3v) is 5.81. The third kappa shape index (κ3) is 5.14. The predicted octanol–water partition coefficient (Wildman–Crippen LogP) is 4.59. The zero-order valence-corrected chi connectivity index (χ0v) is 16.5. The van der Waals surface area contributed by atoms with Crippen LogP contribution in [0.25, 0.3) is 0 Å². The summed E-state index contributed by atoms with van der Waals surface area (Å²) in [5.74, 6) is -0.363. The molecule has 2 aromatic carbocycles. The second-order valence-corrected chi connectivity index (χ2v) is 7.87. The summed E-state index contributed by atoms with van der Waals surface area (Å²) in [4.78, 5) is 14.3. The molecule has 154 valence electrons. The van der Waals surface area contributed by atoms with Gasteiger partial charge in [-0.05, 0) is 43.0 Å². The molecule has 2 saturated heterocycles. The molecule has 2 amide bonds. The van der Waals surface area contributed by atoms with Crippen molar-refractivity contribution in [1.82, 2.24) is 4.90 Å². The van der Waals surface area contributed by atoms with E-state index in [4.69, 9.17) is 9.47 Å². The molecule has 1 atom stereocenters. The van der Waals surface area contributed by atoms with Gasteiger partial charge in [-0.25, -0.2) is 9.18 Å². The molecule has 0 radical (unpaired) electrons. The van der Waals surface area contributed by atoms with E-state index in [1.165, 1.54) is 17.7 Å². The van der Waals surface area contributed by atoms with E-state index in [-0.39, 0.29) is 23.6 Å². The Morgan fingerprint density at radius 3 is 2.72 bits per heavy atom. The Morgan fingerprint density at radius 2 is 1.97 bits per heavy atom. The molecule has 2 aliphatic rings. The van der Waals surface area contributed by atoms with E-state index >= 15 is 0 Å². The molecule has 0 saturated carbocycles. The number of benzene rings is 2. The number of likely N-dealkylation sites (tertiary alicyclic amines) is 1. The number of urea groups is 1. The lowest BCUT2D eigenvalue weighted by molar-refractivity contribution is -0.154. The van der Waals surface area contributed by atoms with Gasteiger partial charge in [-0.15, -0.1) is 0 Å². The number of halogens is 1. The Balaban J connectivity index is 1.28. The summed E-state index contributed by atoms with van der Waals surface area (Å²) in [7, 11) is 0. The van der Waals surface area contributed by atoms with Crippen LogP contribution in [-0.2, 0) is 16.1 Å². The molecular formula is C23H27FN2O3. The van der Waals surface area contributed by atoms with E-state index in [1.54, 1.807) is 17.0 Å². The molecule has 4 rings (SSSR count). The van der Waals surface area contributed by atoms with E-state index < -0.39 is 0 Å². The van der Waals surface area contributed by atoms with Gasteiger partial charge in [0.2, 0.25) is 0 Å². The van der Waals surface area contributed by atoms with Gasteiger partial charge in [0, 0.05) is 31.8 Å². The number of ether oxygens (including phenoxy) is 2. The quantitative estimate of drug-likeness (QED) is 0.820. The summed E-state index contributed by atoms with van der Waals surface area (Å²) in [5, 5.41) is 2.77. The number of carbonyl (C=O) groups excluding carboxylic acids is 1. The minimum absolute atomic E-state index is 0.177. The maximum Gasteiger partial charge on any atom is 0.321 e. The number of nitrogens with zero attached hydrogens (tertiary/aromatic N) is 1. The van der Waals surface area contributed by atoms with Crippen molar-refractivity contribution in [3.8, 4) is 0 Å². The molecule has 6 heteroatoms. The number of nitrogens with one attached hydrogen (secondary N) is 1. The van der Waals surface area contributed by atoms with E-state index in [0.717, 1.165) is 25.7 Å². The van der Waals surface area contributed by atoms with Gasteiger partial charge in [-0.3, -0.25) is 0 Å². The zero-order valence-electron chi connectivity index (χ0n) is 16.5. The monoisotopic (exact) mass is 398 g/mol. The minimum atomic E-state index is -0.363. The van der Waals surface area contributed by atoms with Crippen LogP contribution in [0.2, 0.25) is 0 Å². The summed E-state index contributed by atoms with van der Waals surface area (Å²) in [6, 6.07) is 16.0. The summed E-state index contributed by atoms with van der Waals surface area (Å²) >= 11 is 0. The Kier molecular flexibility index (Phi) is 6.11. The van der Waals surface area contributed by atoms with Crippen LogP contribution in [0.1, 0.15) is 31.2 Å². The highest BCUT2D eigenvalue weighted by Gasteiger charge is 2.41. The van der Waals surface area contributed by atoms with Crippen LogP contribution >= 0.6 is 0 Å². The van der Waals surface area contributed by atoms with Crippen LogP contribution in [0.5, 0.6) is 0 Å². The summed E-state index contributed by atoms with van der Waals surface area (Å²) < 4.78 is 25.6. The lowest BCUT2D eigenvalue weighted by Gasteiger charge is -2.46. The van der Waals surface area contributed by atoms with Crippen molar-refractivity contribution in [3.63, 3.8) is 0 Å². The maximum atomic E-state index is 13.3. The SMILES string of the molecule is O=C(Nc1cccc(F)c1)N1CCC2(CC1)CC(OCc1ccccc1)CCO2. The fourth-order valence-electron chi connectivity index (χ4n) is 4.15. The van der Waals surface area contributed by atoms with Crippen molar-refractivity contribution >= 4 is 11.7 Å². The van der Waals surface area contributed by atoms with Gasteiger partial charge in [-0.2, -0.15) is 0 Å². The average molecular weight is 398 g/mol. The highest BCUT2D eigenvalue weighted by molar-refractivity contribution is 5.89. The first-order chi connectivity index (χ1) is 14.1. The van der Waals surface area contributed by atoms with Crippen LogP contribution in [0.3, 0.4) is 0 Å². The van der Waals surface area contributed by atoms with Gasteiger partial charge in [-0.1, -0.05) is 36.4 Å². The predicted molar refractivity (Wildman–Crippen MR) is 109 cm³/mol. The molecule has 1 spiro atoms. The smallest absolute Gasteiger partial charge is 0.321 e. The first kappa shape index (κ1) is 19.9. The van der Waals surface area contributed by atoms with E-state index in [1.807, 2.05) is 18.2 Å². The van der Waals surface area contributed by atoms with Crippen molar-refractivity contribution in [3.05, 3.63) is 66.0 Å². The molecule has 0 aromatic heterocycles. The second-order valence-electron chi connectivity index (χ2n) is 7.87. The molecule has 1 unspecified atom stereocenters. The van der Waals surface area contributed by atoms with E-state index in [0.29, 0.717) is 32.0 Å². The third-order valence-electron chi connectivity index (χ3n) is 5.81. The Morgan fingerprint density at radius 1 is 1.17 bits per heavy atom. The number of carbonyl (C=O) groups is 1. The lowest BCUT2D eigenvalue weighted by Crippen LogP contribution is -2.52. The Hall–Kier alpha value is -2.44. The summed E-state index contributed by atoms with van der Waals surface area (Å²) in [6.45, 7) is 2.54. The lowest BCUT2D eigenvalue weighted by atomic mass is 9.83. The van der Waals surface area contributed by atoms with Crippen molar-refractivity contribution in [2.75, 3.05) is 25.0 Å². The number of amides is 2. The minimum Gasteiger partial charge on any atom is -0.375 e. The van der Waals surface area contributed by atoms with Crippen molar-refractivity contribution in [1.29, 1.82) is 0 Å². The molecule has 29 heavy (non-hydrogen) atoms. The summed E-state index contributed by atoms with van der Waals surface area (Å²) in [6.07, 6.45) is 3.51. The van der Waals surface area contributed by atoms with Gasteiger partial charge >= 0.3 is 6.03 Å². The Bertz CT molecular complexity index is 822. The van der Waals surface area contributed by atoms with Crippen LogP contribution < -0.4 is 5.32 Å². The van der Waals surface area contributed by atoms with Crippen molar-refractivity contribution < 1.29 is 18.7 Å². The topological polar surface area (TPSA) is 50.8 Å². The fourth-order valence-corrected chi connectivity index (χ4v) is 4.15. The molecule has 2 heterocycles. The number of hydrogen-bond donors (Lipinski definition) is 1. The molecule has 5 nitrogen and oxygen atoms in total.